The summed E-state index contributed by atoms with van der Waals surface area (Å²) >= 11 is 6.34. The molecule has 1 unspecified atom stereocenters. The fraction of sp³-hybridized carbons (Fsp3) is 0.435. The highest BCUT2D eigenvalue weighted by Crippen LogP contribution is 2.36. The molecule has 1 atom stereocenters. The van der Waals surface area contributed by atoms with Gasteiger partial charge in [0.15, 0.2) is 11.5 Å². The van der Waals surface area contributed by atoms with Crippen molar-refractivity contribution in [2.24, 2.45) is 0 Å². The van der Waals surface area contributed by atoms with E-state index in [0.29, 0.717) is 35.7 Å². The molecule has 2 heterocycles. The number of benzene rings is 2. The molecule has 6 heteroatoms. The third-order valence-corrected chi connectivity index (χ3v) is 6.02. The van der Waals surface area contributed by atoms with Crippen LogP contribution in [0.3, 0.4) is 0 Å². The number of nitrogens with one attached hydrogen (secondary N) is 1. The van der Waals surface area contributed by atoms with Crippen LogP contribution in [0, 0.1) is 0 Å². The number of likely N-dealkylation sites (tertiary alicyclic amines) is 1. The van der Waals surface area contributed by atoms with Gasteiger partial charge < -0.3 is 19.7 Å². The average Bonchev–Trinajstić information content (AvgIpc) is 3.32. The Morgan fingerprint density at radius 1 is 1.14 bits per heavy atom. The van der Waals surface area contributed by atoms with E-state index in [4.69, 9.17) is 21.1 Å². The Bertz CT molecular complexity index is 844. The van der Waals surface area contributed by atoms with Crippen molar-refractivity contribution in [2.45, 2.75) is 44.7 Å². The molecule has 0 aromatic heterocycles. The Morgan fingerprint density at radius 2 is 1.93 bits per heavy atom. The van der Waals surface area contributed by atoms with Crippen molar-refractivity contribution in [2.75, 3.05) is 19.9 Å². The molecule has 154 valence electrons. The van der Waals surface area contributed by atoms with Gasteiger partial charge in [0, 0.05) is 36.6 Å². The van der Waals surface area contributed by atoms with Crippen LogP contribution in [0.4, 0.5) is 0 Å². The van der Waals surface area contributed by atoms with Crippen LogP contribution in [-0.2, 0) is 17.8 Å². The summed E-state index contributed by atoms with van der Waals surface area (Å²) < 4.78 is 10.8. The van der Waals surface area contributed by atoms with E-state index in [1.54, 1.807) is 0 Å². The van der Waals surface area contributed by atoms with Crippen molar-refractivity contribution < 1.29 is 14.3 Å². The maximum absolute atomic E-state index is 12.3. The van der Waals surface area contributed by atoms with Crippen LogP contribution >= 0.6 is 11.6 Å². The lowest BCUT2D eigenvalue weighted by Gasteiger charge is -2.25. The number of hydrogen-bond donors (Lipinski definition) is 1. The van der Waals surface area contributed by atoms with Crippen molar-refractivity contribution >= 4 is 17.5 Å². The van der Waals surface area contributed by atoms with E-state index in [-0.39, 0.29) is 6.79 Å². The van der Waals surface area contributed by atoms with Crippen molar-refractivity contribution in [3.8, 4) is 11.5 Å². The van der Waals surface area contributed by atoms with E-state index in [1.165, 1.54) is 5.56 Å². The first-order valence-corrected chi connectivity index (χ1v) is 10.7. The second-order valence-electron chi connectivity index (χ2n) is 7.63. The van der Waals surface area contributed by atoms with Crippen LogP contribution in [0.5, 0.6) is 11.5 Å². The Hall–Kier alpha value is -2.24. The van der Waals surface area contributed by atoms with Crippen molar-refractivity contribution in [1.82, 2.24) is 10.2 Å². The molecule has 2 aliphatic rings. The average molecular weight is 415 g/mol. The number of fused-ring (bicyclic) bond motifs is 1. The van der Waals surface area contributed by atoms with Gasteiger partial charge in [0.2, 0.25) is 12.7 Å². The number of carbonyl (C=O) groups is 1. The highest BCUT2D eigenvalue weighted by atomic mass is 35.5. The van der Waals surface area contributed by atoms with Gasteiger partial charge in [-0.15, -0.1) is 0 Å². The zero-order chi connectivity index (χ0) is 20.1. The van der Waals surface area contributed by atoms with E-state index >= 15 is 0 Å². The van der Waals surface area contributed by atoms with Crippen LogP contribution in [0.1, 0.15) is 36.8 Å². The maximum Gasteiger partial charge on any atom is 0.231 e. The molecule has 0 spiro atoms. The first kappa shape index (κ1) is 20.0. The molecule has 2 aromatic rings. The van der Waals surface area contributed by atoms with Crippen molar-refractivity contribution in [1.29, 1.82) is 0 Å². The minimum Gasteiger partial charge on any atom is -0.454 e. The molecule has 0 radical (unpaired) electrons. The zero-order valence-electron chi connectivity index (χ0n) is 16.5. The SMILES string of the molecule is O=C1CCC(CCNCc2cc3c(cc2Cl)OCO3)N1CCCc1ccccc1. The lowest BCUT2D eigenvalue weighted by molar-refractivity contribution is -0.129. The van der Waals surface area contributed by atoms with Crippen LogP contribution in [-0.4, -0.2) is 36.7 Å². The van der Waals surface area contributed by atoms with Gasteiger partial charge in [-0.2, -0.15) is 0 Å². The Morgan fingerprint density at radius 3 is 2.76 bits per heavy atom. The van der Waals surface area contributed by atoms with Crippen molar-refractivity contribution in [3.05, 3.63) is 58.6 Å². The molecule has 29 heavy (non-hydrogen) atoms. The van der Waals surface area contributed by atoms with Gasteiger partial charge in [-0.3, -0.25) is 4.79 Å². The third-order valence-electron chi connectivity index (χ3n) is 5.67. The summed E-state index contributed by atoms with van der Waals surface area (Å²) in [5, 5.41) is 4.14. The maximum atomic E-state index is 12.3. The largest absolute Gasteiger partial charge is 0.454 e. The van der Waals surface area contributed by atoms with Gasteiger partial charge in [-0.05, 0) is 49.4 Å². The third kappa shape index (κ3) is 5.03. The number of hydrogen-bond acceptors (Lipinski definition) is 4. The highest BCUT2D eigenvalue weighted by molar-refractivity contribution is 6.31. The van der Waals surface area contributed by atoms with Crippen LogP contribution in [0.15, 0.2) is 42.5 Å². The molecular formula is C23H27ClN2O3. The number of nitrogens with zero attached hydrogens (tertiary/aromatic N) is 1. The van der Waals surface area contributed by atoms with Crippen LogP contribution in [0.2, 0.25) is 5.02 Å². The highest BCUT2D eigenvalue weighted by Gasteiger charge is 2.29. The number of halogens is 1. The molecule has 0 saturated carbocycles. The summed E-state index contributed by atoms with van der Waals surface area (Å²) in [6.45, 7) is 2.60. The van der Waals surface area contributed by atoms with E-state index in [0.717, 1.165) is 50.1 Å². The molecule has 1 fully saturated rings. The van der Waals surface area contributed by atoms with Gasteiger partial charge in [-0.1, -0.05) is 41.9 Å². The summed E-state index contributed by atoms with van der Waals surface area (Å²) in [6.07, 6.45) is 4.60. The van der Waals surface area contributed by atoms with Gasteiger partial charge >= 0.3 is 0 Å². The summed E-state index contributed by atoms with van der Waals surface area (Å²) in [6, 6.07) is 14.5. The minimum absolute atomic E-state index is 0.248. The number of amides is 1. The molecule has 0 aliphatic carbocycles. The van der Waals surface area contributed by atoms with Crippen LogP contribution < -0.4 is 14.8 Å². The summed E-state index contributed by atoms with van der Waals surface area (Å²) in [4.78, 5) is 14.4. The molecule has 2 aliphatic heterocycles. The molecule has 4 rings (SSSR count). The zero-order valence-corrected chi connectivity index (χ0v) is 17.3. The van der Waals surface area contributed by atoms with Gasteiger partial charge in [-0.25, -0.2) is 0 Å². The van der Waals surface area contributed by atoms with Crippen molar-refractivity contribution in [3.63, 3.8) is 0 Å². The molecule has 1 saturated heterocycles. The van der Waals surface area contributed by atoms with Gasteiger partial charge in [0.1, 0.15) is 0 Å². The van der Waals surface area contributed by atoms with Gasteiger partial charge in [0.05, 0.1) is 0 Å². The number of carbonyl (C=O) groups excluding carboxylic acids is 1. The number of ether oxygens (including phenoxy) is 2. The molecule has 0 bridgehead atoms. The second-order valence-corrected chi connectivity index (χ2v) is 8.04. The van der Waals surface area contributed by atoms with E-state index in [2.05, 4.69) is 34.5 Å². The molecule has 5 nitrogen and oxygen atoms in total. The van der Waals surface area contributed by atoms with E-state index < -0.39 is 0 Å². The van der Waals surface area contributed by atoms with E-state index in [9.17, 15) is 4.79 Å². The summed E-state index contributed by atoms with van der Waals surface area (Å²) in [5.74, 6) is 1.74. The summed E-state index contributed by atoms with van der Waals surface area (Å²) in [5.41, 5.74) is 2.33. The fourth-order valence-electron chi connectivity index (χ4n) is 4.09. The second kappa shape index (κ2) is 9.51. The predicted octanol–water partition coefficient (Wildman–Crippen LogP) is 4.17. The minimum atomic E-state index is 0.248. The number of rotatable bonds is 9. The van der Waals surface area contributed by atoms with Gasteiger partial charge in [0.25, 0.3) is 0 Å². The standard InChI is InChI=1S/C23H27ClN2O3/c24-20-14-22-21(28-16-29-22)13-18(20)15-25-11-10-19-8-9-23(27)26(19)12-4-7-17-5-2-1-3-6-17/h1-3,5-6,13-14,19,25H,4,7-12,15-16H2. The number of aryl methyl sites for hydroxylation is 1. The molecule has 1 amide bonds. The smallest absolute Gasteiger partial charge is 0.231 e. The van der Waals surface area contributed by atoms with E-state index in [1.807, 2.05) is 18.2 Å². The normalized spacial score (nSPS) is 17.9. The molecule has 1 N–H and O–H groups in total. The fourth-order valence-corrected chi connectivity index (χ4v) is 4.31. The Balaban J connectivity index is 1.22. The predicted molar refractivity (Wildman–Crippen MR) is 113 cm³/mol. The molecular weight excluding hydrogens is 388 g/mol. The lowest BCUT2D eigenvalue weighted by Crippen LogP contribution is -2.36. The first-order valence-electron chi connectivity index (χ1n) is 10.3. The Kier molecular flexibility index (Phi) is 6.57. The lowest BCUT2D eigenvalue weighted by atomic mass is 10.1. The quantitative estimate of drug-likeness (QED) is 0.625. The monoisotopic (exact) mass is 414 g/mol. The van der Waals surface area contributed by atoms with Crippen LogP contribution in [0.25, 0.3) is 0 Å². The topological polar surface area (TPSA) is 50.8 Å². The Labute approximate surface area is 176 Å². The first-order chi connectivity index (χ1) is 14.2. The molecule has 2 aromatic carbocycles. The summed E-state index contributed by atoms with van der Waals surface area (Å²) in [7, 11) is 0.